The molecule has 1 aromatic heterocycles. The van der Waals surface area contributed by atoms with Gasteiger partial charge in [-0.15, -0.1) is 0 Å². The molecule has 0 spiro atoms. The summed E-state index contributed by atoms with van der Waals surface area (Å²) in [5.74, 6) is 2.25. The number of hydrogen-bond donors (Lipinski definition) is 1. The first-order valence-corrected chi connectivity index (χ1v) is 6.95. The van der Waals surface area contributed by atoms with Crippen LogP contribution in [0.3, 0.4) is 0 Å². The zero-order chi connectivity index (χ0) is 10.2. The van der Waals surface area contributed by atoms with Crippen LogP contribution in [0.5, 0.6) is 0 Å². The van der Waals surface area contributed by atoms with Crippen LogP contribution >= 0.6 is 27.7 Å². The van der Waals surface area contributed by atoms with E-state index >= 15 is 0 Å². The molecule has 80 valence electrons. The highest BCUT2D eigenvalue weighted by Crippen LogP contribution is 2.13. The Kier molecular flexibility index (Phi) is 6.39. The van der Waals surface area contributed by atoms with Gasteiger partial charge in [-0.1, -0.05) is 0 Å². The largest absolute Gasteiger partial charge is 0.453 e. The standard InChI is InChI=1S/C10H16BrNOS/c1-14-7-3-2-6-12-8-9-4-5-10(11)13-9/h4-5,12H,2-3,6-8H2,1H3. The molecule has 1 heterocycles. The third-order valence-corrected chi connectivity index (χ3v) is 3.00. The maximum absolute atomic E-state index is 5.36. The van der Waals surface area contributed by atoms with Crippen LogP contribution in [0.25, 0.3) is 0 Å². The number of unbranched alkanes of at least 4 members (excludes halogenated alkanes) is 1. The summed E-state index contributed by atoms with van der Waals surface area (Å²) >= 11 is 5.19. The van der Waals surface area contributed by atoms with Crippen molar-refractivity contribution in [1.82, 2.24) is 5.32 Å². The summed E-state index contributed by atoms with van der Waals surface area (Å²) < 4.78 is 6.16. The molecule has 0 fully saturated rings. The Bertz CT molecular complexity index is 252. The summed E-state index contributed by atoms with van der Waals surface area (Å²) in [6, 6.07) is 3.91. The minimum absolute atomic E-state index is 0.802. The lowest BCUT2D eigenvalue weighted by molar-refractivity contribution is 0.463. The normalized spacial score (nSPS) is 10.7. The van der Waals surface area contributed by atoms with Gasteiger partial charge in [-0.25, -0.2) is 0 Å². The molecule has 1 aromatic rings. The fraction of sp³-hybridized carbons (Fsp3) is 0.600. The zero-order valence-corrected chi connectivity index (χ0v) is 10.8. The van der Waals surface area contributed by atoms with Gasteiger partial charge in [0.1, 0.15) is 5.76 Å². The van der Waals surface area contributed by atoms with Gasteiger partial charge in [0.2, 0.25) is 0 Å². The van der Waals surface area contributed by atoms with Crippen LogP contribution in [0, 0.1) is 0 Å². The monoisotopic (exact) mass is 277 g/mol. The second-order valence-corrected chi connectivity index (χ2v) is 4.85. The first kappa shape index (κ1) is 12.1. The van der Waals surface area contributed by atoms with Crippen molar-refractivity contribution in [2.24, 2.45) is 0 Å². The molecule has 0 saturated carbocycles. The number of rotatable bonds is 7. The van der Waals surface area contributed by atoms with E-state index in [-0.39, 0.29) is 0 Å². The average Bonchev–Trinajstić information content (AvgIpc) is 2.58. The molecule has 0 radical (unpaired) electrons. The molecule has 4 heteroatoms. The molecule has 0 bridgehead atoms. The van der Waals surface area contributed by atoms with E-state index in [0.717, 1.165) is 23.5 Å². The topological polar surface area (TPSA) is 25.2 Å². The Morgan fingerprint density at radius 3 is 2.93 bits per heavy atom. The van der Waals surface area contributed by atoms with Crippen molar-refractivity contribution in [3.63, 3.8) is 0 Å². The van der Waals surface area contributed by atoms with Crippen LogP contribution in [0.1, 0.15) is 18.6 Å². The molecular weight excluding hydrogens is 262 g/mol. The second-order valence-electron chi connectivity index (χ2n) is 3.08. The van der Waals surface area contributed by atoms with Gasteiger partial charge < -0.3 is 9.73 Å². The smallest absolute Gasteiger partial charge is 0.169 e. The van der Waals surface area contributed by atoms with E-state index in [1.165, 1.54) is 18.6 Å². The predicted molar refractivity (Wildman–Crippen MR) is 65.7 cm³/mol. The van der Waals surface area contributed by atoms with Crippen molar-refractivity contribution < 1.29 is 4.42 Å². The lowest BCUT2D eigenvalue weighted by Gasteiger charge is -2.01. The zero-order valence-electron chi connectivity index (χ0n) is 8.38. The van der Waals surface area contributed by atoms with E-state index in [0.29, 0.717) is 0 Å². The van der Waals surface area contributed by atoms with Crippen LogP contribution in [0.2, 0.25) is 0 Å². The molecular formula is C10H16BrNOS. The Morgan fingerprint density at radius 1 is 1.43 bits per heavy atom. The van der Waals surface area contributed by atoms with Crippen LogP contribution < -0.4 is 5.32 Å². The molecule has 0 aliphatic heterocycles. The van der Waals surface area contributed by atoms with Crippen LogP contribution in [0.15, 0.2) is 21.2 Å². The van der Waals surface area contributed by atoms with Gasteiger partial charge in [-0.2, -0.15) is 11.8 Å². The second kappa shape index (κ2) is 7.37. The minimum Gasteiger partial charge on any atom is -0.453 e. The third-order valence-electron chi connectivity index (χ3n) is 1.88. The van der Waals surface area contributed by atoms with Crippen LogP contribution in [0.4, 0.5) is 0 Å². The molecule has 0 atom stereocenters. The van der Waals surface area contributed by atoms with Gasteiger partial charge in [-0.3, -0.25) is 0 Å². The molecule has 2 nitrogen and oxygen atoms in total. The van der Waals surface area contributed by atoms with Crippen LogP contribution in [-0.2, 0) is 6.54 Å². The molecule has 0 aliphatic rings. The molecule has 0 unspecified atom stereocenters. The van der Waals surface area contributed by atoms with E-state index in [2.05, 4.69) is 27.5 Å². The molecule has 14 heavy (non-hydrogen) atoms. The SMILES string of the molecule is CSCCCCNCc1ccc(Br)o1. The number of halogens is 1. The van der Waals surface area contributed by atoms with E-state index in [1.807, 2.05) is 23.9 Å². The highest BCUT2D eigenvalue weighted by Gasteiger charge is 1.97. The number of furan rings is 1. The highest BCUT2D eigenvalue weighted by molar-refractivity contribution is 9.10. The van der Waals surface area contributed by atoms with Gasteiger partial charge in [0.15, 0.2) is 4.67 Å². The molecule has 1 rings (SSSR count). The van der Waals surface area contributed by atoms with Gasteiger partial charge >= 0.3 is 0 Å². The fourth-order valence-electron chi connectivity index (χ4n) is 1.15. The van der Waals surface area contributed by atoms with Crippen molar-refractivity contribution in [1.29, 1.82) is 0 Å². The van der Waals surface area contributed by atoms with E-state index in [1.54, 1.807) is 0 Å². The van der Waals surface area contributed by atoms with E-state index < -0.39 is 0 Å². The summed E-state index contributed by atoms with van der Waals surface area (Å²) in [5, 5.41) is 3.35. The maximum atomic E-state index is 5.36. The summed E-state index contributed by atoms with van der Waals surface area (Å²) in [5.41, 5.74) is 0. The summed E-state index contributed by atoms with van der Waals surface area (Å²) in [6.07, 6.45) is 4.67. The first-order valence-electron chi connectivity index (χ1n) is 4.77. The quantitative estimate of drug-likeness (QED) is 0.775. The fourth-order valence-corrected chi connectivity index (χ4v) is 1.99. The highest BCUT2D eigenvalue weighted by atomic mass is 79.9. The lowest BCUT2D eigenvalue weighted by atomic mass is 10.3. The molecule has 0 aromatic carbocycles. The van der Waals surface area contributed by atoms with Gasteiger partial charge in [0.05, 0.1) is 6.54 Å². The molecule has 1 N–H and O–H groups in total. The Balaban J connectivity index is 1.99. The van der Waals surface area contributed by atoms with Crippen LogP contribution in [-0.4, -0.2) is 18.6 Å². The Labute approximate surface area is 98.0 Å². The van der Waals surface area contributed by atoms with Crippen molar-refractivity contribution in [3.05, 3.63) is 22.6 Å². The molecule has 0 saturated heterocycles. The maximum Gasteiger partial charge on any atom is 0.169 e. The first-order chi connectivity index (χ1) is 6.83. The summed E-state index contributed by atoms with van der Waals surface area (Å²) in [7, 11) is 0. The van der Waals surface area contributed by atoms with Crippen molar-refractivity contribution in [2.45, 2.75) is 19.4 Å². The number of hydrogen-bond acceptors (Lipinski definition) is 3. The molecule has 0 aliphatic carbocycles. The Hall–Kier alpha value is 0.0700. The lowest BCUT2D eigenvalue weighted by Crippen LogP contribution is -2.14. The van der Waals surface area contributed by atoms with Gasteiger partial charge in [0, 0.05) is 0 Å². The van der Waals surface area contributed by atoms with Gasteiger partial charge in [-0.05, 0) is 59.5 Å². The molecule has 0 amide bonds. The summed E-state index contributed by atoms with van der Waals surface area (Å²) in [6.45, 7) is 1.89. The minimum atomic E-state index is 0.802. The third kappa shape index (κ3) is 5.08. The van der Waals surface area contributed by atoms with E-state index in [9.17, 15) is 0 Å². The number of thioether (sulfide) groups is 1. The Morgan fingerprint density at radius 2 is 2.29 bits per heavy atom. The van der Waals surface area contributed by atoms with Crippen molar-refractivity contribution in [3.8, 4) is 0 Å². The average molecular weight is 278 g/mol. The van der Waals surface area contributed by atoms with Crippen molar-refractivity contribution >= 4 is 27.7 Å². The van der Waals surface area contributed by atoms with E-state index in [4.69, 9.17) is 4.42 Å². The van der Waals surface area contributed by atoms with Gasteiger partial charge in [0.25, 0.3) is 0 Å². The summed E-state index contributed by atoms with van der Waals surface area (Å²) in [4.78, 5) is 0. The predicted octanol–water partition coefficient (Wildman–Crippen LogP) is 3.27. The van der Waals surface area contributed by atoms with Crippen molar-refractivity contribution in [2.75, 3.05) is 18.6 Å². The number of nitrogens with one attached hydrogen (secondary N) is 1.